The third kappa shape index (κ3) is 3.87. The number of hydrogen-bond acceptors (Lipinski definition) is 5. The van der Waals surface area contributed by atoms with E-state index in [4.69, 9.17) is 9.84 Å². The molecule has 7 nitrogen and oxygen atoms in total. The van der Waals surface area contributed by atoms with Crippen molar-refractivity contribution in [3.8, 4) is 28.3 Å². The van der Waals surface area contributed by atoms with Gasteiger partial charge in [-0.3, -0.25) is 9.78 Å². The predicted octanol–water partition coefficient (Wildman–Crippen LogP) is 3.85. The molecule has 30 heavy (non-hydrogen) atoms. The van der Waals surface area contributed by atoms with E-state index in [9.17, 15) is 4.79 Å². The van der Waals surface area contributed by atoms with Gasteiger partial charge in [0, 0.05) is 29.4 Å². The summed E-state index contributed by atoms with van der Waals surface area (Å²) in [5, 5.41) is 7.73. The summed E-state index contributed by atoms with van der Waals surface area (Å²) in [5.41, 5.74) is 4.59. The Morgan fingerprint density at radius 1 is 1.17 bits per heavy atom. The molecule has 0 radical (unpaired) electrons. The molecule has 0 atom stereocenters. The van der Waals surface area contributed by atoms with Crippen LogP contribution in [-0.4, -0.2) is 39.1 Å². The van der Waals surface area contributed by atoms with Crippen molar-refractivity contribution in [2.24, 2.45) is 5.92 Å². The minimum absolute atomic E-state index is 0.0866. The molecule has 1 N–H and O–H groups in total. The number of imidazole rings is 1. The Morgan fingerprint density at radius 3 is 2.83 bits per heavy atom. The Balaban J connectivity index is 1.73. The van der Waals surface area contributed by atoms with Crippen LogP contribution in [0.15, 0.2) is 61.1 Å². The molecule has 4 rings (SSSR count). The van der Waals surface area contributed by atoms with Crippen molar-refractivity contribution in [1.82, 2.24) is 24.9 Å². The Labute approximate surface area is 174 Å². The maximum absolute atomic E-state index is 12.4. The van der Waals surface area contributed by atoms with Crippen LogP contribution in [0.3, 0.4) is 0 Å². The lowest BCUT2D eigenvalue weighted by molar-refractivity contribution is 0.0949. The SMILES string of the molecule is COc1cnccc1-c1cnc2ccc(-c3cccc(C(=O)NCC(C)C)c3)nn12. The van der Waals surface area contributed by atoms with Gasteiger partial charge < -0.3 is 10.1 Å². The number of amides is 1. The highest BCUT2D eigenvalue weighted by Gasteiger charge is 2.14. The van der Waals surface area contributed by atoms with Crippen molar-refractivity contribution in [2.45, 2.75) is 13.8 Å². The van der Waals surface area contributed by atoms with Gasteiger partial charge in [0.15, 0.2) is 5.65 Å². The number of fused-ring (bicyclic) bond motifs is 1. The summed E-state index contributed by atoms with van der Waals surface area (Å²) < 4.78 is 7.22. The summed E-state index contributed by atoms with van der Waals surface area (Å²) in [6.07, 6.45) is 5.14. The maximum atomic E-state index is 12.4. The Hall–Kier alpha value is -3.74. The van der Waals surface area contributed by atoms with Gasteiger partial charge in [0.25, 0.3) is 5.91 Å². The Bertz CT molecular complexity index is 1200. The van der Waals surface area contributed by atoms with Gasteiger partial charge in [0.05, 0.1) is 30.9 Å². The van der Waals surface area contributed by atoms with Crippen LogP contribution in [0.4, 0.5) is 0 Å². The van der Waals surface area contributed by atoms with Crippen molar-refractivity contribution in [3.63, 3.8) is 0 Å². The van der Waals surface area contributed by atoms with Gasteiger partial charge in [-0.2, -0.15) is 5.10 Å². The summed E-state index contributed by atoms with van der Waals surface area (Å²) in [6, 6.07) is 13.2. The van der Waals surface area contributed by atoms with E-state index < -0.39 is 0 Å². The lowest BCUT2D eigenvalue weighted by Crippen LogP contribution is -2.27. The molecular formula is C23H23N5O2. The number of rotatable bonds is 6. The number of nitrogens with one attached hydrogen (secondary N) is 1. The summed E-state index contributed by atoms with van der Waals surface area (Å²) in [6.45, 7) is 4.77. The van der Waals surface area contributed by atoms with Gasteiger partial charge >= 0.3 is 0 Å². The zero-order valence-electron chi connectivity index (χ0n) is 17.2. The molecule has 7 heteroatoms. The number of methoxy groups -OCH3 is 1. The number of carbonyl (C=O) groups is 1. The third-order valence-electron chi connectivity index (χ3n) is 4.73. The number of aromatic nitrogens is 4. The van der Waals surface area contributed by atoms with Crippen molar-refractivity contribution in [3.05, 3.63) is 66.6 Å². The Morgan fingerprint density at radius 2 is 2.03 bits per heavy atom. The molecule has 0 fully saturated rings. The van der Waals surface area contributed by atoms with Crippen LogP contribution in [0, 0.1) is 5.92 Å². The molecule has 0 saturated carbocycles. The number of ether oxygens (including phenoxy) is 1. The van der Waals surface area contributed by atoms with E-state index in [-0.39, 0.29) is 5.91 Å². The molecule has 0 aliphatic rings. The van der Waals surface area contributed by atoms with Crippen LogP contribution in [0.25, 0.3) is 28.2 Å². The zero-order valence-corrected chi connectivity index (χ0v) is 17.2. The fourth-order valence-electron chi connectivity index (χ4n) is 3.18. The summed E-state index contributed by atoms with van der Waals surface area (Å²) in [5.74, 6) is 0.956. The van der Waals surface area contributed by atoms with Crippen LogP contribution >= 0.6 is 0 Å². The van der Waals surface area contributed by atoms with E-state index >= 15 is 0 Å². The van der Waals surface area contributed by atoms with E-state index in [1.165, 1.54) is 0 Å². The van der Waals surface area contributed by atoms with Gasteiger partial charge in [-0.1, -0.05) is 26.0 Å². The molecule has 4 aromatic rings. The topological polar surface area (TPSA) is 81.4 Å². The van der Waals surface area contributed by atoms with Crippen molar-refractivity contribution < 1.29 is 9.53 Å². The molecule has 0 aliphatic heterocycles. The quantitative estimate of drug-likeness (QED) is 0.531. The largest absolute Gasteiger partial charge is 0.494 e. The van der Waals surface area contributed by atoms with Gasteiger partial charge in [0.2, 0.25) is 0 Å². The summed E-state index contributed by atoms with van der Waals surface area (Å²) in [4.78, 5) is 21.0. The second kappa shape index (κ2) is 8.32. The predicted molar refractivity (Wildman–Crippen MR) is 115 cm³/mol. The monoisotopic (exact) mass is 401 g/mol. The molecule has 0 unspecified atom stereocenters. The standard InChI is InChI=1S/C23H23N5O2/c1-15(2)12-26-23(29)17-6-4-5-16(11-17)19-7-8-22-25-13-20(28(22)27-19)18-9-10-24-14-21(18)30-3/h4-11,13-15H,12H2,1-3H3,(H,26,29). The molecule has 3 heterocycles. The van der Waals surface area contributed by atoms with Crippen LogP contribution in [0.1, 0.15) is 24.2 Å². The second-order valence-corrected chi connectivity index (χ2v) is 7.39. The number of pyridine rings is 1. The first kappa shape index (κ1) is 19.6. The summed E-state index contributed by atoms with van der Waals surface area (Å²) in [7, 11) is 1.61. The van der Waals surface area contributed by atoms with Crippen LogP contribution < -0.4 is 10.1 Å². The minimum atomic E-state index is -0.0866. The molecule has 0 aliphatic carbocycles. The average molecular weight is 401 g/mol. The smallest absolute Gasteiger partial charge is 0.251 e. The number of carbonyl (C=O) groups excluding carboxylic acids is 1. The first-order valence-electron chi connectivity index (χ1n) is 9.78. The highest BCUT2D eigenvalue weighted by molar-refractivity contribution is 5.95. The minimum Gasteiger partial charge on any atom is -0.494 e. The van der Waals surface area contributed by atoms with Gasteiger partial charge in [-0.25, -0.2) is 9.50 Å². The normalized spacial score (nSPS) is 11.1. The van der Waals surface area contributed by atoms with Crippen molar-refractivity contribution in [1.29, 1.82) is 0 Å². The fourth-order valence-corrected chi connectivity index (χ4v) is 3.18. The summed E-state index contributed by atoms with van der Waals surface area (Å²) >= 11 is 0. The van der Waals surface area contributed by atoms with Crippen molar-refractivity contribution >= 4 is 11.6 Å². The zero-order chi connectivity index (χ0) is 21.1. The number of nitrogens with zero attached hydrogens (tertiary/aromatic N) is 4. The molecule has 3 aromatic heterocycles. The number of hydrogen-bond donors (Lipinski definition) is 1. The second-order valence-electron chi connectivity index (χ2n) is 7.39. The third-order valence-corrected chi connectivity index (χ3v) is 4.73. The maximum Gasteiger partial charge on any atom is 0.251 e. The van der Waals surface area contributed by atoms with Crippen LogP contribution in [-0.2, 0) is 0 Å². The van der Waals surface area contributed by atoms with Gasteiger partial charge in [-0.15, -0.1) is 0 Å². The van der Waals surface area contributed by atoms with Crippen LogP contribution in [0.2, 0.25) is 0 Å². The van der Waals surface area contributed by atoms with Gasteiger partial charge in [0.1, 0.15) is 5.75 Å². The molecular weight excluding hydrogens is 378 g/mol. The molecule has 152 valence electrons. The lowest BCUT2D eigenvalue weighted by Gasteiger charge is -2.10. The average Bonchev–Trinajstić information content (AvgIpc) is 3.20. The van der Waals surface area contributed by atoms with E-state index in [1.807, 2.05) is 42.5 Å². The molecule has 0 saturated heterocycles. The van der Waals surface area contributed by atoms with Crippen LogP contribution in [0.5, 0.6) is 5.75 Å². The molecule has 1 amide bonds. The fraction of sp³-hybridized carbons (Fsp3) is 0.217. The first-order valence-corrected chi connectivity index (χ1v) is 9.78. The van der Waals surface area contributed by atoms with E-state index in [0.717, 1.165) is 28.2 Å². The van der Waals surface area contributed by atoms with E-state index in [1.54, 1.807) is 30.2 Å². The molecule has 1 aromatic carbocycles. The molecule has 0 spiro atoms. The molecule has 0 bridgehead atoms. The number of benzene rings is 1. The van der Waals surface area contributed by atoms with Crippen molar-refractivity contribution in [2.75, 3.05) is 13.7 Å². The first-order chi connectivity index (χ1) is 14.6. The van der Waals surface area contributed by atoms with E-state index in [0.29, 0.717) is 23.8 Å². The highest BCUT2D eigenvalue weighted by atomic mass is 16.5. The lowest BCUT2D eigenvalue weighted by atomic mass is 10.1. The highest BCUT2D eigenvalue weighted by Crippen LogP contribution is 2.29. The van der Waals surface area contributed by atoms with Gasteiger partial charge in [-0.05, 0) is 36.2 Å². The Kier molecular flexibility index (Phi) is 5.43. The van der Waals surface area contributed by atoms with E-state index in [2.05, 4.69) is 29.1 Å².